The molecule has 0 aliphatic carbocycles. The first-order chi connectivity index (χ1) is 13.7. The molecule has 0 N–H and O–H groups in total. The molecule has 0 saturated heterocycles. The van der Waals surface area contributed by atoms with Crippen LogP contribution in [-0.2, 0) is 14.0 Å². The normalized spacial score (nSPS) is 16.8. The van der Waals surface area contributed by atoms with Gasteiger partial charge in [-0.2, -0.15) is 74.3 Å². The highest BCUT2D eigenvalue weighted by Crippen LogP contribution is 2.63. The smallest absolute Gasteiger partial charge is 0.310 e. The first-order valence-corrected chi connectivity index (χ1v) is 12.3. The van der Waals surface area contributed by atoms with E-state index in [1.807, 2.05) is 0 Å². The highest BCUT2D eigenvalue weighted by molar-refractivity contribution is 7.89. The van der Waals surface area contributed by atoms with E-state index in [4.69, 9.17) is 0 Å². The van der Waals surface area contributed by atoms with Crippen LogP contribution in [0.1, 0.15) is 20.8 Å². The van der Waals surface area contributed by atoms with Crippen molar-refractivity contribution in [3.63, 3.8) is 0 Å². The van der Waals surface area contributed by atoms with E-state index in [2.05, 4.69) is 3.87 Å². The maximum Gasteiger partial charge on any atom is 0.460 e. The highest BCUT2D eigenvalue weighted by atomic mass is 32.2. The molecule has 0 rings (SSSR count). The van der Waals surface area contributed by atoms with Crippen molar-refractivity contribution in [2.75, 3.05) is 0 Å². The number of hydrogen-bond donors (Lipinski definition) is 0. The third-order valence-corrected chi connectivity index (χ3v) is 11.8. The summed E-state index contributed by atoms with van der Waals surface area (Å²) in [6.07, 6.45) is -7.74. The minimum Gasteiger partial charge on any atom is -0.310 e. The topological polar surface area (TPSA) is 43.4 Å². The molecule has 0 unspecified atom stereocenters. The molecule has 20 heteroatoms. The maximum atomic E-state index is 13.9. The van der Waals surface area contributed by atoms with E-state index in [1.54, 1.807) is 0 Å². The summed E-state index contributed by atoms with van der Waals surface area (Å²) in [6.45, 7) is 4.78. The van der Waals surface area contributed by atoms with Gasteiger partial charge in [0.15, 0.2) is 0 Å². The van der Waals surface area contributed by atoms with E-state index in [0.29, 0.717) is 0 Å². The number of rotatable bonds is 8. The SMILES string of the molecule is CC(C)(C)[Si](C)(C)OS(=O)(=O)C(F)(F)C(F)(F)C(F)(F)C(F)(F)C(F)(F)C(F)(F)C(F)(F)F. The van der Waals surface area contributed by atoms with Gasteiger partial charge in [0.25, 0.3) is 0 Å². The lowest BCUT2D eigenvalue weighted by atomic mass is 9.94. The summed E-state index contributed by atoms with van der Waals surface area (Å²) >= 11 is 0. The Morgan fingerprint density at radius 3 is 1.09 bits per heavy atom. The van der Waals surface area contributed by atoms with Crippen LogP contribution in [0.15, 0.2) is 0 Å². The second kappa shape index (κ2) is 7.79. The van der Waals surface area contributed by atoms with E-state index in [0.717, 1.165) is 33.9 Å². The lowest BCUT2D eigenvalue weighted by molar-refractivity contribution is -0.447. The Bertz CT molecular complexity index is 840. The minimum atomic E-state index is -8.57. The van der Waals surface area contributed by atoms with Crippen LogP contribution in [0.5, 0.6) is 0 Å². The zero-order valence-electron chi connectivity index (χ0n) is 16.8. The van der Waals surface area contributed by atoms with Gasteiger partial charge in [-0.25, -0.2) is 0 Å². The monoisotopic (exact) mass is 564 g/mol. The third kappa shape index (κ3) is 4.42. The van der Waals surface area contributed by atoms with Crippen LogP contribution >= 0.6 is 0 Å². The molecule has 0 atom stereocenters. The van der Waals surface area contributed by atoms with Crippen LogP contribution < -0.4 is 0 Å². The number of hydrogen-bond acceptors (Lipinski definition) is 3. The van der Waals surface area contributed by atoms with Gasteiger partial charge in [-0.05, 0) is 18.1 Å². The van der Waals surface area contributed by atoms with Gasteiger partial charge in [0.1, 0.15) is 0 Å². The van der Waals surface area contributed by atoms with Crippen molar-refractivity contribution < 1.29 is 78.1 Å². The Kier molecular flexibility index (Phi) is 7.57. The van der Waals surface area contributed by atoms with Gasteiger partial charge < -0.3 is 3.87 Å². The maximum absolute atomic E-state index is 13.9. The molecule has 0 fully saturated rings. The molecule has 200 valence electrons. The van der Waals surface area contributed by atoms with Gasteiger partial charge in [-0.1, -0.05) is 20.8 Å². The molecule has 0 aromatic rings. The summed E-state index contributed by atoms with van der Waals surface area (Å²) in [7, 11) is -11.6. The van der Waals surface area contributed by atoms with Crippen molar-refractivity contribution in [3.05, 3.63) is 0 Å². The molecular weight excluding hydrogens is 549 g/mol. The quantitative estimate of drug-likeness (QED) is 0.245. The van der Waals surface area contributed by atoms with Crippen LogP contribution in [0, 0.1) is 0 Å². The van der Waals surface area contributed by atoms with E-state index in [-0.39, 0.29) is 0 Å². The largest absolute Gasteiger partial charge is 0.460 e. The van der Waals surface area contributed by atoms with Crippen LogP contribution in [0.3, 0.4) is 0 Å². The summed E-state index contributed by atoms with van der Waals surface area (Å²) < 4.78 is 224. The van der Waals surface area contributed by atoms with E-state index in [1.165, 1.54) is 0 Å². The predicted octanol–water partition coefficient (Wildman–Crippen LogP) is 6.67. The summed E-state index contributed by atoms with van der Waals surface area (Å²) in [5.74, 6) is -41.8. The molecular formula is C13H15F15O3SSi. The summed E-state index contributed by atoms with van der Waals surface area (Å²) in [5, 5.41) is -8.95. The molecule has 0 radical (unpaired) electrons. The molecule has 0 aromatic heterocycles. The van der Waals surface area contributed by atoms with E-state index >= 15 is 0 Å². The van der Waals surface area contributed by atoms with Crippen molar-refractivity contribution >= 4 is 18.4 Å². The molecule has 0 aliphatic heterocycles. The fourth-order valence-electron chi connectivity index (χ4n) is 1.56. The molecule has 0 saturated carbocycles. The van der Waals surface area contributed by atoms with Gasteiger partial charge in [-0.3, -0.25) is 0 Å². The second-order valence-electron chi connectivity index (χ2n) is 8.18. The van der Waals surface area contributed by atoms with Crippen LogP contribution in [-0.4, -0.2) is 57.8 Å². The van der Waals surface area contributed by atoms with Crippen LogP contribution in [0.2, 0.25) is 18.1 Å². The molecule has 0 aliphatic rings. The van der Waals surface area contributed by atoms with Gasteiger partial charge in [-0.15, -0.1) is 0 Å². The fraction of sp³-hybridized carbons (Fsp3) is 1.00. The average molecular weight is 564 g/mol. The molecule has 0 aromatic carbocycles. The third-order valence-electron chi connectivity index (χ3n) is 4.74. The Morgan fingerprint density at radius 1 is 0.545 bits per heavy atom. The van der Waals surface area contributed by atoms with Gasteiger partial charge >= 0.3 is 51.2 Å². The van der Waals surface area contributed by atoms with E-state index < -0.39 is 64.5 Å². The van der Waals surface area contributed by atoms with E-state index in [9.17, 15) is 74.3 Å². The van der Waals surface area contributed by atoms with Crippen LogP contribution in [0.25, 0.3) is 0 Å². The summed E-state index contributed by atoms with van der Waals surface area (Å²) in [5.41, 5.74) is 0. The first-order valence-electron chi connectivity index (χ1n) is 7.99. The second-order valence-corrected chi connectivity index (χ2v) is 14.8. The first kappa shape index (κ1) is 32.1. The Labute approximate surface area is 177 Å². The zero-order chi connectivity index (χ0) is 27.7. The Morgan fingerprint density at radius 2 is 0.818 bits per heavy atom. The molecule has 3 nitrogen and oxygen atoms in total. The molecule has 0 amide bonds. The Hall–Kier alpha value is -0.923. The van der Waals surface area contributed by atoms with Crippen molar-refractivity contribution in [1.29, 1.82) is 0 Å². The molecule has 0 heterocycles. The van der Waals surface area contributed by atoms with Crippen molar-refractivity contribution in [2.45, 2.75) is 79.9 Å². The zero-order valence-corrected chi connectivity index (χ0v) is 18.6. The summed E-state index contributed by atoms with van der Waals surface area (Å²) in [4.78, 5) is 0. The summed E-state index contributed by atoms with van der Waals surface area (Å²) in [6, 6.07) is 0. The lowest BCUT2D eigenvalue weighted by Crippen LogP contribution is -2.73. The fourth-order valence-corrected chi connectivity index (χ4v) is 5.62. The van der Waals surface area contributed by atoms with Gasteiger partial charge in [0, 0.05) is 0 Å². The van der Waals surface area contributed by atoms with Crippen molar-refractivity contribution in [3.8, 4) is 0 Å². The van der Waals surface area contributed by atoms with Gasteiger partial charge in [0.2, 0.25) is 8.32 Å². The van der Waals surface area contributed by atoms with Crippen molar-refractivity contribution in [2.24, 2.45) is 0 Å². The Balaban J connectivity index is 6.84. The van der Waals surface area contributed by atoms with Crippen molar-refractivity contribution in [1.82, 2.24) is 0 Å². The molecule has 0 spiro atoms. The molecule has 0 bridgehead atoms. The number of alkyl halides is 15. The molecule has 33 heavy (non-hydrogen) atoms. The predicted molar refractivity (Wildman–Crippen MR) is 82.9 cm³/mol. The van der Waals surface area contributed by atoms with Gasteiger partial charge in [0.05, 0.1) is 0 Å². The standard InChI is InChI=1S/C13H15F15O3SSi/c1-6(2,3)33(4,5)31-32(29,30)13(27,28)11(22,23)9(18,19)7(14,15)8(16,17)10(20,21)12(24,25)26/h1-5H3. The number of halogens is 15. The average Bonchev–Trinajstić information content (AvgIpc) is 2.50. The highest BCUT2D eigenvalue weighted by Gasteiger charge is 2.94. The lowest BCUT2D eigenvalue weighted by Gasteiger charge is -2.42. The van der Waals surface area contributed by atoms with Crippen LogP contribution in [0.4, 0.5) is 65.9 Å². The minimum absolute atomic E-state index is 0.754.